The van der Waals surface area contributed by atoms with E-state index in [0.29, 0.717) is 19.1 Å². The van der Waals surface area contributed by atoms with Crippen LogP contribution in [0.15, 0.2) is 41.1 Å². The van der Waals surface area contributed by atoms with Crippen molar-refractivity contribution in [2.45, 2.75) is 6.54 Å². The largest absolute Gasteiger partial charge is 0.424 e. The minimum atomic E-state index is -0.545. The van der Waals surface area contributed by atoms with E-state index in [9.17, 15) is 4.79 Å². The second-order valence-electron chi connectivity index (χ2n) is 4.22. The lowest BCUT2D eigenvalue weighted by molar-refractivity contribution is 0.0986. The Balaban J connectivity index is 1.65. The van der Waals surface area contributed by atoms with Gasteiger partial charge in [0.05, 0.1) is 0 Å². The summed E-state index contributed by atoms with van der Waals surface area (Å²) in [5.74, 6) is -0.304. The average Bonchev–Trinajstić information content (AvgIpc) is 3.04. The van der Waals surface area contributed by atoms with E-state index in [2.05, 4.69) is 15.3 Å². The molecule has 0 aliphatic rings. The van der Waals surface area contributed by atoms with Gasteiger partial charge in [0.1, 0.15) is 5.52 Å². The number of benzene rings is 1. The Labute approximate surface area is 114 Å². The fourth-order valence-electron chi connectivity index (χ4n) is 1.95. The maximum absolute atomic E-state index is 11.1. The molecular formula is C13H13N5O2. The maximum Gasteiger partial charge on any atom is 0.295 e. The number of nitrogens with zero attached hydrogens (tertiary/aromatic N) is 3. The predicted molar refractivity (Wildman–Crippen MR) is 73.2 cm³/mol. The van der Waals surface area contributed by atoms with Crippen LogP contribution in [-0.2, 0) is 6.54 Å². The van der Waals surface area contributed by atoms with Crippen molar-refractivity contribution in [2.24, 2.45) is 5.73 Å². The number of hydrogen-bond donors (Lipinski definition) is 2. The number of amides is 1. The highest BCUT2D eigenvalue weighted by Crippen LogP contribution is 2.17. The van der Waals surface area contributed by atoms with E-state index in [0.717, 1.165) is 11.1 Å². The summed E-state index contributed by atoms with van der Waals surface area (Å²) in [4.78, 5) is 19.3. The van der Waals surface area contributed by atoms with Crippen LogP contribution in [0.4, 0.5) is 6.01 Å². The molecule has 2 heterocycles. The SMILES string of the molecule is NC(=O)c1nccn1CCNc1nc2ccccc2o1. The number of primary amides is 1. The van der Waals surface area contributed by atoms with Crippen molar-refractivity contribution < 1.29 is 9.21 Å². The van der Waals surface area contributed by atoms with Crippen LogP contribution >= 0.6 is 0 Å². The molecule has 3 aromatic rings. The Morgan fingerprint density at radius 1 is 1.40 bits per heavy atom. The average molecular weight is 271 g/mol. The standard InChI is InChI=1S/C13H13N5O2/c14-11(19)12-15-5-7-18(12)8-6-16-13-17-9-3-1-2-4-10(9)20-13/h1-5,7H,6,8H2,(H2,14,19)(H,16,17). The number of oxazole rings is 1. The summed E-state index contributed by atoms with van der Waals surface area (Å²) in [5, 5.41) is 3.06. The van der Waals surface area contributed by atoms with Gasteiger partial charge in [-0.3, -0.25) is 4.79 Å². The number of carbonyl (C=O) groups excluding carboxylic acids is 1. The number of imidazole rings is 1. The summed E-state index contributed by atoms with van der Waals surface area (Å²) < 4.78 is 7.20. The van der Waals surface area contributed by atoms with Gasteiger partial charge in [0.2, 0.25) is 0 Å². The van der Waals surface area contributed by atoms with E-state index >= 15 is 0 Å². The maximum atomic E-state index is 11.1. The predicted octanol–water partition coefficient (Wildman–Crippen LogP) is 1.24. The third-order valence-corrected chi connectivity index (χ3v) is 2.86. The van der Waals surface area contributed by atoms with E-state index in [1.807, 2.05) is 24.3 Å². The molecule has 0 spiro atoms. The molecule has 0 saturated heterocycles. The minimum absolute atomic E-state index is 0.240. The number of nitrogens with one attached hydrogen (secondary N) is 1. The molecule has 7 heteroatoms. The highest BCUT2D eigenvalue weighted by atomic mass is 16.4. The Hall–Kier alpha value is -2.83. The number of hydrogen-bond acceptors (Lipinski definition) is 5. The Kier molecular flexibility index (Phi) is 3.08. The molecule has 1 amide bonds. The second-order valence-corrected chi connectivity index (χ2v) is 4.22. The van der Waals surface area contributed by atoms with Gasteiger partial charge in [0.25, 0.3) is 11.9 Å². The zero-order valence-electron chi connectivity index (χ0n) is 10.6. The number of rotatable bonds is 5. The molecule has 0 fully saturated rings. The van der Waals surface area contributed by atoms with Gasteiger partial charge in [-0.1, -0.05) is 12.1 Å². The van der Waals surface area contributed by atoms with Gasteiger partial charge in [-0.2, -0.15) is 4.98 Å². The summed E-state index contributed by atoms with van der Waals surface area (Å²) in [7, 11) is 0. The number of para-hydroxylation sites is 2. The van der Waals surface area contributed by atoms with Crippen LogP contribution in [0, 0.1) is 0 Å². The van der Waals surface area contributed by atoms with Gasteiger partial charge < -0.3 is 20.0 Å². The molecule has 102 valence electrons. The minimum Gasteiger partial charge on any atom is -0.424 e. The molecule has 3 rings (SSSR count). The molecule has 3 N–H and O–H groups in total. The normalized spacial score (nSPS) is 10.8. The van der Waals surface area contributed by atoms with Crippen LogP contribution in [0.3, 0.4) is 0 Å². The Morgan fingerprint density at radius 3 is 3.05 bits per heavy atom. The Bertz CT molecular complexity index is 713. The third kappa shape index (κ3) is 2.33. The smallest absolute Gasteiger partial charge is 0.295 e. The molecule has 0 atom stereocenters. The summed E-state index contributed by atoms with van der Waals surface area (Å²) >= 11 is 0. The van der Waals surface area contributed by atoms with Crippen molar-refractivity contribution in [3.8, 4) is 0 Å². The highest BCUT2D eigenvalue weighted by molar-refractivity contribution is 5.89. The molecular weight excluding hydrogens is 258 g/mol. The molecule has 0 saturated carbocycles. The van der Waals surface area contributed by atoms with E-state index in [1.54, 1.807) is 17.0 Å². The van der Waals surface area contributed by atoms with Gasteiger partial charge >= 0.3 is 0 Å². The number of aromatic nitrogens is 3. The zero-order valence-corrected chi connectivity index (χ0v) is 10.6. The van der Waals surface area contributed by atoms with Crippen molar-refractivity contribution >= 4 is 23.0 Å². The lowest BCUT2D eigenvalue weighted by Crippen LogP contribution is -2.20. The molecule has 0 unspecified atom stereocenters. The summed E-state index contributed by atoms with van der Waals surface area (Å²) in [6.45, 7) is 1.08. The first-order chi connectivity index (χ1) is 9.74. The van der Waals surface area contributed by atoms with Gasteiger partial charge in [0, 0.05) is 25.5 Å². The lowest BCUT2D eigenvalue weighted by atomic mass is 10.3. The summed E-state index contributed by atoms with van der Waals surface area (Å²) in [5.41, 5.74) is 6.75. The number of anilines is 1. The number of fused-ring (bicyclic) bond motifs is 1. The lowest BCUT2D eigenvalue weighted by Gasteiger charge is -2.05. The van der Waals surface area contributed by atoms with Crippen LogP contribution in [-0.4, -0.2) is 27.0 Å². The van der Waals surface area contributed by atoms with Crippen molar-refractivity contribution in [3.63, 3.8) is 0 Å². The first kappa shape index (κ1) is 12.2. The molecule has 0 aliphatic carbocycles. The van der Waals surface area contributed by atoms with Gasteiger partial charge in [-0.15, -0.1) is 0 Å². The monoisotopic (exact) mass is 271 g/mol. The van der Waals surface area contributed by atoms with Crippen molar-refractivity contribution in [3.05, 3.63) is 42.5 Å². The van der Waals surface area contributed by atoms with E-state index in [1.165, 1.54) is 0 Å². The topological polar surface area (TPSA) is 99.0 Å². The van der Waals surface area contributed by atoms with Gasteiger partial charge in [0.15, 0.2) is 11.4 Å². The van der Waals surface area contributed by atoms with E-state index < -0.39 is 5.91 Å². The molecule has 2 aromatic heterocycles. The van der Waals surface area contributed by atoms with E-state index in [4.69, 9.17) is 10.2 Å². The molecule has 1 aromatic carbocycles. The van der Waals surface area contributed by atoms with Crippen molar-refractivity contribution in [1.82, 2.24) is 14.5 Å². The molecule has 0 radical (unpaired) electrons. The van der Waals surface area contributed by atoms with Crippen LogP contribution in [0.5, 0.6) is 0 Å². The first-order valence-corrected chi connectivity index (χ1v) is 6.14. The van der Waals surface area contributed by atoms with Crippen molar-refractivity contribution in [2.75, 3.05) is 11.9 Å². The molecule has 7 nitrogen and oxygen atoms in total. The second kappa shape index (κ2) is 5.04. The zero-order chi connectivity index (χ0) is 13.9. The number of nitrogens with two attached hydrogens (primary N) is 1. The van der Waals surface area contributed by atoms with E-state index in [-0.39, 0.29) is 5.82 Å². The quantitative estimate of drug-likeness (QED) is 0.727. The fourth-order valence-corrected chi connectivity index (χ4v) is 1.95. The van der Waals surface area contributed by atoms with Crippen LogP contribution in [0.1, 0.15) is 10.6 Å². The van der Waals surface area contributed by atoms with Crippen LogP contribution in [0.25, 0.3) is 11.1 Å². The summed E-state index contributed by atoms with van der Waals surface area (Å²) in [6.07, 6.45) is 3.24. The molecule has 0 aliphatic heterocycles. The number of carbonyl (C=O) groups is 1. The highest BCUT2D eigenvalue weighted by Gasteiger charge is 2.08. The first-order valence-electron chi connectivity index (χ1n) is 6.14. The fraction of sp³-hybridized carbons (Fsp3) is 0.154. The Morgan fingerprint density at radius 2 is 2.25 bits per heavy atom. The van der Waals surface area contributed by atoms with Crippen molar-refractivity contribution in [1.29, 1.82) is 0 Å². The third-order valence-electron chi connectivity index (χ3n) is 2.86. The van der Waals surface area contributed by atoms with Gasteiger partial charge in [-0.05, 0) is 12.1 Å². The van der Waals surface area contributed by atoms with Crippen LogP contribution in [0.2, 0.25) is 0 Å². The summed E-state index contributed by atoms with van der Waals surface area (Å²) in [6, 6.07) is 7.98. The molecule has 0 bridgehead atoms. The molecule has 20 heavy (non-hydrogen) atoms. The van der Waals surface area contributed by atoms with Crippen LogP contribution < -0.4 is 11.1 Å². The van der Waals surface area contributed by atoms with Gasteiger partial charge in [-0.25, -0.2) is 4.98 Å².